The van der Waals surface area contributed by atoms with Crippen LogP contribution in [0.15, 0.2) is 212 Å². The van der Waals surface area contributed by atoms with Gasteiger partial charge in [0.05, 0.1) is 59.5 Å². The smallest absolute Gasteiger partial charge is 0.190 e. The second-order valence-electron chi connectivity index (χ2n) is 18.0. The van der Waals surface area contributed by atoms with E-state index < -0.39 is 61.4 Å². The fraction of sp³-hybridized carbons (Fsp3) is 0.311. The SMILES string of the molecule is O[C@H]1[C@@H](O[C@H]2O[C@H](COCc3ccccc3)[C@@H](OCc3ccccc3)[C@H](OCc3ccccc3)[C@H]2OCc2ccccc2)O[C@H](COCc2ccccc2)[C@@H](OCc2ccccc2)[C@@H]1OCc1ccccc1. The van der Waals surface area contributed by atoms with Crippen LogP contribution in [0.25, 0.3) is 0 Å². The number of aliphatic hydroxyl groups is 1. The van der Waals surface area contributed by atoms with Gasteiger partial charge in [-0.15, -0.1) is 0 Å². The maximum absolute atomic E-state index is 12.7. The van der Waals surface area contributed by atoms with Gasteiger partial charge in [-0.3, -0.25) is 0 Å². The molecular formula is C61H64O11. The Kier molecular flexibility index (Phi) is 19.3. The lowest BCUT2D eigenvalue weighted by Crippen LogP contribution is -2.65. The molecule has 2 heterocycles. The summed E-state index contributed by atoms with van der Waals surface area (Å²) >= 11 is 0. The lowest BCUT2D eigenvalue weighted by Gasteiger charge is -2.49. The lowest BCUT2D eigenvalue weighted by atomic mass is 9.96. The van der Waals surface area contributed by atoms with E-state index >= 15 is 0 Å². The zero-order valence-corrected chi connectivity index (χ0v) is 40.4. The Morgan fingerprint density at radius 1 is 0.292 bits per heavy atom. The molecule has 2 saturated heterocycles. The molecular weight excluding hydrogens is 909 g/mol. The number of aliphatic hydroxyl groups excluding tert-OH is 1. The normalized spacial score (nSPS) is 24.2. The van der Waals surface area contributed by atoms with Crippen molar-refractivity contribution >= 4 is 0 Å². The predicted octanol–water partition coefficient (Wildman–Crippen LogP) is 10.2. The third-order valence-corrected chi connectivity index (χ3v) is 12.7. The van der Waals surface area contributed by atoms with Gasteiger partial charge in [0.25, 0.3) is 0 Å². The highest BCUT2D eigenvalue weighted by atomic mass is 16.8. The maximum atomic E-state index is 12.7. The van der Waals surface area contributed by atoms with Crippen LogP contribution in [0, 0.1) is 0 Å². The zero-order chi connectivity index (χ0) is 49.0. The van der Waals surface area contributed by atoms with E-state index in [4.69, 9.17) is 47.4 Å². The van der Waals surface area contributed by atoms with Gasteiger partial charge in [-0.25, -0.2) is 0 Å². The average molecular weight is 973 g/mol. The molecule has 0 unspecified atom stereocenters. The summed E-state index contributed by atoms with van der Waals surface area (Å²) in [7, 11) is 0. The summed E-state index contributed by atoms with van der Waals surface area (Å²) in [6.07, 6.45) is -9.51. The van der Waals surface area contributed by atoms with Crippen LogP contribution in [-0.4, -0.2) is 79.7 Å². The largest absolute Gasteiger partial charge is 0.385 e. The molecule has 0 bridgehead atoms. The molecule has 0 aromatic heterocycles. The molecule has 7 aromatic rings. The van der Waals surface area contributed by atoms with E-state index in [1.54, 1.807) is 0 Å². The van der Waals surface area contributed by atoms with Gasteiger partial charge in [0.15, 0.2) is 12.6 Å². The number of ether oxygens (including phenoxy) is 10. The minimum Gasteiger partial charge on any atom is -0.385 e. The first-order valence-electron chi connectivity index (χ1n) is 24.8. The molecule has 0 radical (unpaired) electrons. The Bertz CT molecular complexity index is 2550. The summed E-state index contributed by atoms with van der Waals surface area (Å²) in [6.45, 7) is 2.02. The topological polar surface area (TPSA) is 113 Å². The van der Waals surface area contributed by atoms with Gasteiger partial charge in [0, 0.05) is 0 Å². The van der Waals surface area contributed by atoms with Crippen LogP contribution in [0.1, 0.15) is 38.9 Å². The summed E-state index contributed by atoms with van der Waals surface area (Å²) in [6, 6.07) is 69.5. The van der Waals surface area contributed by atoms with E-state index in [0.29, 0.717) is 13.2 Å². The molecule has 2 aliphatic rings. The minimum absolute atomic E-state index is 0.0970. The van der Waals surface area contributed by atoms with Crippen LogP contribution in [0.3, 0.4) is 0 Å². The highest BCUT2D eigenvalue weighted by Crippen LogP contribution is 2.36. The van der Waals surface area contributed by atoms with Crippen molar-refractivity contribution in [3.05, 3.63) is 251 Å². The van der Waals surface area contributed by atoms with Crippen molar-refractivity contribution in [3.8, 4) is 0 Å². The molecule has 9 rings (SSSR count). The summed E-state index contributed by atoms with van der Waals surface area (Å²) in [5, 5.41) is 12.7. The van der Waals surface area contributed by atoms with E-state index in [2.05, 4.69) is 0 Å². The quantitative estimate of drug-likeness (QED) is 0.0591. The Hall–Kier alpha value is -5.90. The van der Waals surface area contributed by atoms with Crippen LogP contribution < -0.4 is 0 Å². The molecule has 2 fully saturated rings. The van der Waals surface area contributed by atoms with Gasteiger partial charge >= 0.3 is 0 Å². The number of benzene rings is 7. The van der Waals surface area contributed by atoms with E-state index in [1.807, 2.05) is 212 Å². The molecule has 72 heavy (non-hydrogen) atoms. The molecule has 0 saturated carbocycles. The van der Waals surface area contributed by atoms with E-state index in [9.17, 15) is 5.11 Å². The highest BCUT2D eigenvalue weighted by molar-refractivity contribution is 5.19. The average Bonchev–Trinajstić information content (AvgIpc) is 3.44. The predicted molar refractivity (Wildman–Crippen MR) is 272 cm³/mol. The fourth-order valence-corrected chi connectivity index (χ4v) is 8.92. The molecule has 374 valence electrons. The van der Waals surface area contributed by atoms with Crippen molar-refractivity contribution < 1.29 is 52.5 Å². The third kappa shape index (κ3) is 14.8. The summed E-state index contributed by atoms with van der Waals surface area (Å²) < 4.78 is 68.0. The van der Waals surface area contributed by atoms with Crippen LogP contribution in [0.2, 0.25) is 0 Å². The fourth-order valence-electron chi connectivity index (χ4n) is 8.92. The Morgan fingerprint density at radius 3 is 0.903 bits per heavy atom. The zero-order valence-electron chi connectivity index (χ0n) is 40.4. The first-order valence-corrected chi connectivity index (χ1v) is 24.8. The van der Waals surface area contributed by atoms with Gasteiger partial charge in [0.2, 0.25) is 0 Å². The second kappa shape index (κ2) is 27.2. The van der Waals surface area contributed by atoms with Crippen molar-refractivity contribution in [1.29, 1.82) is 0 Å². The van der Waals surface area contributed by atoms with Gasteiger partial charge in [-0.05, 0) is 38.9 Å². The van der Waals surface area contributed by atoms with E-state index in [0.717, 1.165) is 38.9 Å². The number of hydrogen-bond donors (Lipinski definition) is 1. The molecule has 0 spiro atoms. The third-order valence-electron chi connectivity index (χ3n) is 12.7. The molecule has 11 nitrogen and oxygen atoms in total. The van der Waals surface area contributed by atoms with E-state index in [-0.39, 0.29) is 46.2 Å². The van der Waals surface area contributed by atoms with Gasteiger partial charge in [-0.2, -0.15) is 0 Å². The molecule has 0 aliphatic carbocycles. The highest BCUT2D eigenvalue weighted by Gasteiger charge is 2.53. The summed E-state index contributed by atoms with van der Waals surface area (Å²) in [4.78, 5) is 0. The first kappa shape index (κ1) is 51.0. The summed E-state index contributed by atoms with van der Waals surface area (Å²) in [5.74, 6) is 0. The molecule has 1 N–H and O–H groups in total. The van der Waals surface area contributed by atoms with Crippen molar-refractivity contribution in [2.45, 2.75) is 108 Å². The molecule has 7 aromatic carbocycles. The van der Waals surface area contributed by atoms with Crippen molar-refractivity contribution in [3.63, 3.8) is 0 Å². The molecule has 0 amide bonds. The van der Waals surface area contributed by atoms with Crippen LogP contribution in [-0.2, 0) is 93.6 Å². The van der Waals surface area contributed by atoms with Gasteiger partial charge < -0.3 is 52.5 Å². The van der Waals surface area contributed by atoms with Crippen molar-refractivity contribution in [1.82, 2.24) is 0 Å². The van der Waals surface area contributed by atoms with Gasteiger partial charge in [0.1, 0.15) is 48.8 Å². The monoisotopic (exact) mass is 972 g/mol. The Morgan fingerprint density at radius 2 is 0.556 bits per heavy atom. The van der Waals surface area contributed by atoms with Gasteiger partial charge in [-0.1, -0.05) is 212 Å². The Labute approximate surface area is 423 Å². The second-order valence-corrected chi connectivity index (χ2v) is 18.0. The van der Waals surface area contributed by atoms with Crippen molar-refractivity contribution in [2.24, 2.45) is 0 Å². The molecule has 11 heteroatoms. The minimum atomic E-state index is -1.37. The standard InChI is InChI=1S/C61H64O11/c62-54-57(67-40-49-30-16-5-17-31-49)55(65-38-47-26-12-3-13-27-47)52(43-63-36-45-22-8-1-9-23-45)70-60(54)72-61-59(69-42-51-34-20-7-21-35-51)58(68-41-50-32-18-6-19-33-50)56(66-39-48-28-14-4-15-29-48)53(71-61)44-64-37-46-24-10-2-11-25-46/h1-35,52-62H,36-44H2/t52-,53-,54-,55-,56-,57-,58+,59-,60-,61-/m1/s1. The molecule has 10 atom stereocenters. The first-order chi connectivity index (χ1) is 35.6. The van der Waals surface area contributed by atoms with Crippen molar-refractivity contribution in [2.75, 3.05) is 13.2 Å². The van der Waals surface area contributed by atoms with Crippen LogP contribution in [0.5, 0.6) is 0 Å². The number of rotatable bonds is 25. The Balaban J connectivity index is 1.06. The summed E-state index contributed by atoms with van der Waals surface area (Å²) in [5.41, 5.74) is 6.77. The van der Waals surface area contributed by atoms with Crippen LogP contribution in [0.4, 0.5) is 0 Å². The van der Waals surface area contributed by atoms with Crippen LogP contribution >= 0.6 is 0 Å². The lowest BCUT2D eigenvalue weighted by molar-refractivity contribution is -0.391. The molecule has 2 aliphatic heterocycles. The maximum Gasteiger partial charge on any atom is 0.190 e. The number of hydrogen-bond acceptors (Lipinski definition) is 11. The van der Waals surface area contributed by atoms with E-state index in [1.165, 1.54) is 0 Å².